The number of ether oxygens (including phenoxy) is 1. The lowest BCUT2D eigenvalue weighted by atomic mass is 10.0. The van der Waals surface area contributed by atoms with Crippen LogP contribution < -0.4 is 0 Å². The summed E-state index contributed by atoms with van der Waals surface area (Å²) >= 11 is 0. The molecule has 1 aromatic rings. The number of carboxylic acid groups (broad SMARTS) is 1. The number of carbonyl (C=O) groups is 2. The average Bonchev–Trinajstić information content (AvgIpc) is 2.97. The molecule has 1 aliphatic heterocycles. The predicted molar refractivity (Wildman–Crippen MR) is 75.1 cm³/mol. The fourth-order valence-corrected chi connectivity index (χ4v) is 2.84. The first-order chi connectivity index (χ1) is 9.88. The molecule has 7 nitrogen and oxygen atoms in total. The molecule has 2 heterocycles. The van der Waals surface area contributed by atoms with Gasteiger partial charge in [-0.15, -0.1) is 0 Å². The van der Waals surface area contributed by atoms with E-state index in [1.54, 1.807) is 23.6 Å². The second-order valence-corrected chi connectivity index (χ2v) is 5.31. The van der Waals surface area contributed by atoms with Gasteiger partial charge in [0.1, 0.15) is 5.92 Å². The standard InChI is InChI=1S/C14H21N3O4/c1-5-17(11-7-21-6-10(11)14(19)20)13(18)12-8(2)15-16(4)9(12)3/h10-11H,5-7H2,1-4H3,(H,19,20). The van der Waals surface area contributed by atoms with Crippen LogP contribution in [-0.2, 0) is 16.6 Å². The van der Waals surface area contributed by atoms with Crippen LogP contribution in [0.15, 0.2) is 0 Å². The fraction of sp³-hybridized carbons (Fsp3) is 0.643. The Balaban J connectivity index is 2.33. The number of hydrogen-bond donors (Lipinski definition) is 1. The van der Waals surface area contributed by atoms with Crippen molar-refractivity contribution in [1.82, 2.24) is 14.7 Å². The smallest absolute Gasteiger partial charge is 0.311 e. The second-order valence-electron chi connectivity index (χ2n) is 5.31. The van der Waals surface area contributed by atoms with Crippen molar-refractivity contribution in [3.63, 3.8) is 0 Å². The van der Waals surface area contributed by atoms with Gasteiger partial charge in [0.2, 0.25) is 0 Å². The maximum atomic E-state index is 12.8. The monoisotopic (exact) mass is 295 g/mol. The molecule has 1 aliphatic rings. The molecule has 2 unspecified atom stereocenters. The number of aryl methyl sites for hydroxylation is 2. The molecule has 0 bridgehead atoms. The molecule has 1 saturated heterocycles. The number of amides is 1. The third-order valence-corrected chi connectivity index (χ3v) is 4.09. The first-order valence-corrected chi connectivity index (χ1v) is 7.00. The molecule has 0 aliphatic carbocycles. The third-order valence-electron chi connectivity index (χ3n) is 4.09. The average molecular weight is 295 g/mol. The van der Waals surface area contributed by atoms with Gasteiger partial charge in [0.05, 0.1) is 30.5 Å². The van der Waals surface area contributed by atoms with Crippen LogP contribution in [0.2, 0.25) is 0 Å². The van der Waals surface area contributed by atoms with Crippen LogP contribution in [0.1, 0.15) is 28.7 Å². The van der Waals surface area contributed by atoms with Crippen LogP contribution in [0.4, 0.5) is 0 Å². The Kier molecular flexibility index (Phi) is 4.32. The molecule has 0 radical (unpaired) electrons. The van der Waals surface area contributed by atoms with Gasteiger partial charge in [0.15, 0.2) is 0 Å². The molecular weight excluding hydrogens is 274 g/mol. The van der Waals surface area contributed by atoms with Crippen LogP contribution in [-0.4, -0.2) is 57.5 Å². The van der Waals surface area contributed by atoms with Crippen molar-refractivity contribution in [2.75, 3.05) is 19.8 Å². The lowest BCUT2D eigenvalue weighted by Gasteiger charge is -2.29. The van der Waals surface area contributed by atoms with E-state index in [-0.39, 0.29) is 19.1 Å². The van der Waals surface area contributed by atoms with Crippen LogP contribution in [0.3, 0.4) is 0 Å². The van der Waals surface area contributed by atoms with Gasteiger partial charge in [0, 0.05) is 19.3 Å². The van der Waals surface area contributed by atoms with Gasteiger partial charge in [-0.1, -0.05) is 0 Å². The number of carboxylic acids is 1. The fourth-order valence-electron chi connectivity index (χ4n) is 2.84. The quantitative estimate of drug-likeness (QED) is 0.879. The van der Waals surface area contributed by atoms with Crippen molar-refractivity contribution in [2.24, 2.45) is 13.0 Å². The zero-order valence-corrected chi connectivity index (χ0v) is 12.8. The third kappa shape index (κ3) is 2.65. The second kappa shape index (κ2) is 5.85. The summed E-state index contributed by atoms with van der Waals surface area (Å²) in [6.45, 7) is 6.30. The van der Waals surface area contributed by atoms with Crippen LogP contribution in [0, 0.1) is 19.8 Å². The minimum atomic E-state index is -0.927. The molecular formula is C14H21N3O4. The summed E-state index contributed by atoms with van der Waals surface area (Å²) in [5, 5.41) is 13.5. The summed E-state index contributed by atoms with van der Waals surface area (Å²) < 4.78 is 6.93. The van der Waals surface area contributed by atoms with E-state index in [0.717, 1.165) is 5.69 Å². The highest BCUT2D eigenvalue weighted by Gasteiger charge is 2.40. The number of aliphatic carboxylic acids is 1. The molecule has 7 heteroatoms. The summed E-state index contributed by atoms with van der Waals surface area (Å²) in [4.78, 5) is 25.7. The van der Waals surface area contributed by atoms with Gasteiger partial charge < -0.3 is 14.7 Å². The summed E-state index contributed by atoms with van der Waals surface area (Å²) in [6.07, 6.45) is 0. The van der Waals surface area contributed by atoms with Gasteiger partial charge >= 0.3 is 5.97 Å². The van der Waals surface area contributed by atoms with Crippen LogP contribution in [0.25, 0.3) is 0 Å². The van der Waals surface area contributed by atoms with E-state index in [2.05, 4.69) is 5.10 Å². The summed E-state index contributed by atoms with van der Waals surface area (Å²) in [5.41, 5.74) is 1.99. The Hall–Kier alpha value is -1.89. The molecule has 1 amide bonds. The van der Waals surface area contributed by atoms with E-state index in [1.807, 2.05) is 13.8 Å². The SMILES string of the molecule is CCN(C(=O)c1c(C)nn(C)c1C)C1COCC1C(=O)O. The minimum absolute atomic E-state index is 0.148. The molecule has 0 aromatic carbocycles. The van der Waals surface area contributed by atoms with Gasteiger partial charge in [-0.2, -0.15) is 5.10 Å². The van der Waals surface area contributed by atoms with Gasteiger partial charge in [-0.05, 0) is 20.8 Å². The van der Waals surface area contributed by atoms with Gasteiger partial charge in [0.25, 0.3) is 5.91 Å². The number of nitrogens with zero attached hydrogens (tertiary/aromatic N) is 3. The summed E-state index contributed by atoms with van der Waals surface area (Å²) in [6, 6.07) is -0.431. The molecule has 1 aromatic heterocycles. The number of rotatable bonds is 4. The van der Waals surface area contributed by atoms with E-state index in [1.165, 1.54) is 0 Å². The van der Waals surface area contributed by atoms with E-state index < -0.39 is 17.9 Å². The lowest BCUT2D eigenvalue weighted by molar-refractivity contribution is -0.142. The number of hydrogen-bond acceptors (Lipinski definition) is 4. The molecule has 0 saturated carbocycles. The van der Waals surface area contributed by atoms with E-state index in [9.17, 15) is 14.7 Å². The lowest BCUT2D eigenvalue weighted by Crippen LogP contribution is -2.46. The predicted octanol–water partition coefficient (Wildman–Crippen LogP) is 0.599. The Morgan fingerprint density at radius 2 is 2.10 bits per heavy atom. The number of likely N-dealkylation sites (N-methyl/N-ethyl adjacent to an activating group) is 1. The van der Waals surface area contributed by atoms with Gasteiger partial charge in [-0.25, -0.2) is 0 Å². The Morgan fingerprint density at radius 3 is 2.57 bits per heavy atom. The summed E-state index contributed by atoms with van der Waals surface area (Å²) in [7, 11) is 1.79. The zero-order chi connectivity index (χ0) is 15.7. The van der Waals surface area contributed by atoms with Crippen molar-refractivity contribution in [3.05, 3.63) is 17.0 Å². The number of aromatic nitrogens is 2. The highest BCUT2D eigenvalue weighted by Crippen LogP contribution is 2.24. The first kappa shape index (κ1) is 15.5. The molecule has 21 heavy (non-hydrogen) atoms. The van der Waals surface area contributed by atoms with Crippen LogP contribution >= 0.6 is 0 Å². The van der Waals surface area contributed by atoms with Crippen molar-refractivity contribution >= 4 is 11.9 Å². The molecule has 2 atom stereocenters. The molecule has 1 fully saturated rings. The number of carbonyl (C=O) groups excluding carboxylic acids is 1. The van der Waals surface area contributed by atoms with Crippen molar-refractivity contribution < 1.29 is 19.4 Å². The zero-order valence-electron chi connectivity index (χ0n) is 12.8. The van der Waals surface area contributed by atoms with E-state index in [0.29, 0.717) is 17.8 Å². The Labute approximate surface area is 123 Å². The maximum Gasteiger partial charge on any atom is 0.311 e. The van der Waals surface area contributed by atoms with E-state index >= 15 is 0 Å². The molecule has 116 valence electrons. The normalized spacial score (nSPS) is 21.5. The highest BCUT2D eigenvalue weighted by molar-refractivity contribution is 5.97. The summed E-state index contributed by atoms with van der Waals surface area (Å²) in [5.74, 6) is -1.78. The minimum Gasteiger partial charge on any atom is -0.481 e. The largest absolute Gasteiger partial charge is 0.481 e. The van der Waals surface area contributed by atoms with Crippen molar-refractivity contribution in [1.29, 1.82) is 0 Å². The van der Waals surface area contributed by atoms with Gasteiger partial charge in [-0.3, -0.25) is 14.3 Å². The van der Waals surface area contributed by atoms with Crippen molar-refractivity contribution in [3.8, 4) is 0 Å². The van der Waals surface area contributed by atoms with E-state index in [4.69, 9.17) is 4.74 Å². The molecule has 2 rings (SSSR count). The molecule has 1 N–H and O–H groups in total. The maximum absolute atomic E-state index is 12.8. The Morgan fingerprint density at radius 1 is 1.43 bits per heavy atom. The van der Waals surface area contributed by atoms with Crippen molar-refractivity contribution in [2.45, 2.75) is 26.8 Å². The molecule has 0 spiro atoms. The Bertz CT molecular complexity index is 567. The topological polar surface area (TPSA) is 84.7 Å². The van der Waals surface area contributed by atoms with Crippen LogP contribution in [0.5, 0.6) is 0 Å². The highest BCUT2D eigenvalue weighted by atomic mass is 16.5. The first-order valence-electron chi connectivity index (χ1n) is 7.00.